The van der Waals surface area contributed by atoms with Crippen LogP contribution in [0.25, 0.3) is 0 Å². The number of nitro groups is 1. The van der Waals surface area contributed by atoms with Gasteiger partial charge in [0, 0.05) is 12.1 Å². The molecule has 0 N–H and O–H groups in total. The number of sulfonamides is 1. The van der Waals surface area contributed by atoms with Crippen molar-refractivity contribution in [1.82, 2.24) is 0 Å². The smallest absolute Gasteiger partial charge is 0.326 e. The summed E-state index contributed by atoms with van der Waals surface area (Å²) in [6, 6.07) is 9.53. The molecule has 0 amide bonds. The van der Waals surface area contributed by atoms with Crippen LogP contribution < -0.4 is 9.04 Å². The second-order valence-corrected chi connectivity index (χ2v) is 7.32. The molecule has 0 spiro atoms. The molecule has 0 unspecified atom stereocenters. The fourth-order valence-corrected chi connectivity index (χ4v) is 4.00. The van der Waals surface area contributed by atoms with Crippen molar-refractivity contribution in [1.29, 1.82) is 0 Å². The summed E-state index contributed by atoms with van der Waals surface area (Å²) < 4.78 is 36.9. The molecule has 0 fully saturated rings. The van der Waals surface area contributed by atoms with Gasteiger partial charge in [-0.25, -0.2) is 8.42 Å². The molecule has 9 nitrogen and oxygen atoms in total. The average Bonchev–Trinajstić information content (AvgIpc) is 2.65. The zero-order chi connectivity index (χ0) is 20.2. The number of hydrogen-bond donors (Lipinski definition) is 0. The Morgan fingerprint density at radius 2 is 1.78 bits per heavy atom. The van der Waals surface area contributed by atoms with E-state index in [2.05, 4.69) is 4.74 Å². The maximum absolute atomic E-state index is 13.2. The summed E-state index contributed by atoms with van der Waals surface area (Å²) in [7, 11) is -1.68. The molecule has 0 bridgehead atoms. The lowest BCUT2D eigenvalue weighted by Gasteiger charge is -2.24. The fourth-order valence-electron chi connectivity index (χ4n) is 2.34. The van der Waals surface area contributed by atoms with Crippen LogP contribution in [0.1, 0.15) is 5.56 Å². The number of benzene rings is 2. The summed E-state index contributed by atoms with van der Waals surface area (Å²) in [6.07, 6.45) is 0. The molecule has 144 valence electrons. The van der Waals surface area contributed by atoms with E-state index in [1.165, 1.54) is 50.4 Å². The number of anilines is 1. The van der Waals surface area contributed by atoms with E-state index in [-0.39, 0.29) is 16.3 Å². The van der Waals surface area contributed by atoms with Gasteiger partial charge in [0.1, 0.15) is 12.3 Å². The predicted octanol–water partition coefficient (Wildman–Crippen LogP) is 2.28. The lowest BCUT2D eigenvalue weighted by Crippen LogP contribution is -2.36. The quantitative estimate of drug-likeness (QED) is 0.402. The Bertz CT molecular complexity index is 956. The Balaban J connectivity index is 2.60. The highest BCUT2D eigenvalue weighted by Gasteiger charge is 2.30. The Morgan fingerprint density at radius 1 is 1.15 bits per heavy atom. The average molecular weight is 394 g/mol. The van der Waals surface area contributed by atoms with Crippen molar-refractivity contribution in [3.05, 3.63) is 58.1 Å². The molecule has 2 aromatic rings. The van der Waals surface area contributed by atoms with Crippen molar-refractivity contribution in [3.8, 4) is 5.75 Å². The Hall–Kier alpha value is -3.14. The van der Waals surface area contributed by atoms with Crippen LogP contribution in [0.5, 0.6) is 5.75 Å². The number of carbonyl (C=O) groups excluding carboxylic acids is 1. The summed E-state index contributed by atoms with van der Waals surface area (Å²) >= 11 is 0. The normalized spacial score (nSPS) is 10.9. The minimum Gasteiger partial charge on any atom is -0.497 e. The second kappa shape index (κ2) is 8.04. The van der Waals surface area contributed by atoms with Crippen molar-refractivity contribution < 1.29 is 27.6 Å². The maximum atomic E-state index is 13.2. The van der Waals surface area contributed by atoms with Crippen molar-refractivity contribution in [2.75, 3.05) is 25.1 Å². The van der Waals surface area contributed by atoms with Crippen molar-refractivity contribution in [3.63, 3.8) is 0 Å². The van der Waals surface area contributed by atoms with E-state index < -0.39 is 27.5 Å². The van der Waals surface area contributed by atoms with Gasteiger partial charge in [-0.1, -0.05) is 6.07 Å². The third kappa shape index (κ3) is 4.34. The number of nitro benzene ring substituents is 1. The van der Waals surface area contributed by atoms with E-state index in [1.807, 2.05) is 0 Å². The van der Waals surface area contributed by atoms with Crippen LogP contribution in [0.3, 0.4) is 0 Å². The van der Waals surface area contributed by atoms with E-state index in [1.54, 1.807) is 0 Å². The summed E-state index contributed by atoms with van der Waals surface area (Å²) in [4.78, 5) is 21.9. The number of non-ortho nitro benzene ring substituents is 1. The van der Waals surface area contributed by atoms with Gasteiger partial charge in [-0.05, 0) is 36.8 Å². The highest BCUT2D eigenvalue weighted by Crippen LogP contribution is 2.29. The monoisotopic (exact) mass is 394 g/mol. The minimum absolute atomic E-state index is 0.187. The molecular formula is C17H18N2O7S. The van der Waals surface area contributed by atoms with Gasteiger partial charge in [-0.15, -0.1) is 0 Å². The molecule has 0 aliphatic rings. The number of methoxy groups -OCH3 is 2. The van der Waals surface area contributed by atoms with Gasteiger partial charge in [0.05, 0.1) is 29.7 Å². The van der Waals surface area contributed by atoms with Crippen LogP contribution in [-0.2, 0) is 19.6 Å². The lowest BCUT2D eigenvalue weighted by molar-refractivity contribution is -0.385. The van der Waals surface area contributed by atoms with Gasteiger partial charge in [-0.2, -0.15) is 0 Å². The molecule has 0 aliphatic heterocycles. The summed E-state index contributed by atoms with van der Waals surface area (Å²) in [5.41, 5.74) is 0.128. The van der Waals surface area contributed by atoms with Gasteiger partial charge in [0.25, 0.3) is 15.7 Å². The first-order valence-corrected chi connectivity index (χ1v) is 9.13. The van der Waals surface area contributed by atoms with E-state index in [9.17, 15) is 23.3 Å². The number of rotatable bonds is 7. The minimum atomic E-state index is -4.28. The van der Waals surface area contributed by atoms with Crippen LogP contribution in [0, 0.1) is 17.0 Å². The zero-order valence-electron chi connectivity index (χ0n) is 14.9. The van der Waals surface area contributed by atoms with Gasteiger partial charge >= 0.3 is 5.97 Å². The maximum Gasteiger partial charge on any atom is 0.326 e. The molecule has 0 aliphatic carbocycles. The molecule has 0 heterocycles. The van der Waals surface area contributed by atoms with Crippen LogP contribution in [-0.4, -0.2) is 40.1 Å². The topological polar surface area (TPSA) is 116 Å². The van der Waals surface area contributed by atoms with Crippen LogP contribution in [0.15, 0.2) is 47.4 Å². The number of ether oxygens (including phenoxy) is 2. The van der Waals surface area contributed by atoms with E-state index >= 15 is 0 Å². The molecule has 0 radical (unpaired) electrons. The van der Waals surface area contributed by atoms with Crippen LogP contribution in [0.4, 0.5) is 11.4 Å². The van der Waals surface area contributed by atoms with Gasteiger partial charge in [-0.3, -0.25) is 19.2 Å². The molecule has 0 atom stereocenters. The molecule has 10 heteroatoms. The molecule has 0 saturated carbocycles. The van der Waals surface area contributed by atoms with E-state index in [4.69, 9.17) is 4.74 Å². The molecule has 0 aromatic heterocycles. The zero-order valence-corrected chi connectivity index (χ0v) is 15.7. The van der Waals surface area contributed by atoms with Crippen molar-refractivity contribution in [2.24, 2.45) is 0 Å². The Labute approximate surface area is 156 Å². The van der Waals surface area contributed by atoms with Gasteiger partial charge in [0.2, 0.25) is 0 Å². The lowest BCUT2D eigenvalue weighted by atomic mass is 10.2. The molecule has 0 saturated heterocycles. The number of carbonyl (C=O) groups is 1. The van der Waals surface area contributed by atoms with Crippen LogP contribution >= 0.6 is 0 Å². The first-order chi connectivity index (χ1) is 12.7. The summed E-state index contributed by atoms with van der Waals surface area (Å²) in [5, 5.41) is 11.0. The standard InChI is InChI=1S/C17H18N2O7S/c1-12-4-5-14(19(21)22)10-16(12)27(23,24)18(11-17(20)26-3)13-6-8-15(25-2)9-7-13/h4-10H,11H2,1-3H3. The second-order valence-electron chi connectivity index (χ2n) is 5.49. The highest BCUT2D eigenvalue weighted by atomic mass is 32.2. The molecule has 27 heavy (non-hydrogen) atoms. The fraction of sp³-hybridized carbons (Fsp3) is 0.235. The Morgan fingerprint density at radius 3 is 2.30 bits per heavy atom. The van der Waals surface area contributed by atoms with Crippen molar-refractivity contribution >= 4 is 27.4 Å². The highest BCUT2D eigenvalue weighted by molar-refractivity contribution is 7.93. The number of aryl methyl sites for hydroxylation is 1. The third-order valence-electron chi connectivity index (χ3n) is 3.81. The van der Waals surface area contributed by atoms with Crippen molar-refractivity contribution in [2.45, 2.75) is 11.8 Å². The SMILES string of the molecule is COC(=O)CN(c1ccc(OC)cc1)S(=O)(=O)c1cc([N+](=O)[O-])ccc1C. The number of hydrogen-bond acceptors (Lipinski definition) is 7. The first-order valence-electron chi connectivity index (χ1n) is 7.69. The van der Waals surface area contributed by atoms with Gasteiger partial charge < -0.3 is 9.47 Å². The number of nitrogens with zero attached hydrogens (tertiary/aromatic N) is 2. The largest absolute Gasteiger partial charge is 0.497 e. The van der Waals surface area contributed by atoms with E-state index in [0.717, 1.165) is 17.5 Å². The number of esters is 1. The predicted molar refractivity (Wildman–Crippen MR) is 97.4 cm³/mol. The van der Waals surface area contributed by atoms with E-state index in [0.29, 0.717) is 11.3 Å². The summed E-state index contributed by atoms with van der Waals surface area (Å²) in [6.45, 7) is 0.925. The molecule has 2 rings (SSSR count). The summed E-state index contributed by atoms with van der Waals surface area (Å²) in [5.74, 6) is -0.279. The first kappa shape index (κ1) is 20.2. The third-order valence-corrected chi connectivity index (χ3v) is 5.73. The Kier molecular flexibility index (Phi) is 6.01. The van der Waals surface area contributed by atoms with Gasteiger partial charge in [0.15, 0.2) is 0 Å². The molecular weight excluding hydrogens is 376 g/mol. The van der Waals surface area contributed by atoms with Crippen LogP contribution in [0.2, 0.25) is 0 Å². The molecule has 2 aromatic carbocycles.